The van der Waals surface area contributed by atoms with E-state index >= 15 is 0 Å². The first-order valence-corrected chi connectivity index (χ1v) is 9.35. The summed E-state index contributed by atoms with van der Waals surface area (Å²) in [5.41, 5.74) is 2.17. The van der Waals surface area contributed by atoms with Gasteiger partial charge in [-0.2, -0.15) is 5.10 Å². The summed E-state index contributed by atoms with van der Waals surface area (Å²) in [4.78, 5) is 11.3. The number of aromatic nitrogens is 4. The molecule has 1 aliphatic heterocycles. The molecule has 26 heavy (non-hydrogen) atoms. The van der Waals surface area contributed by atoms with Crippen LogP contribution in [0.4, 0.5) is 5.82 Å². The molecule has 0 aliphatic carbocycles. The summed E-state index contributed by atoms with van der Waals surface area (Å²) in [6.07, 6.45) is 5.84. The Morgan fingerprint density at radius 3 is 2.73 bits per heavy atom. The molecular weight excluding hydrogens is 346 g/mol. The molecule has 134 valence electrons. The maximum Gasteiger partial charge on any atom is 0.147 e. The van der Waals surface area contributed by atoms with Crippen molar-refractivity contribution in [3.8, 4) is 5.69 Å². The van der Waals surface area contributed by atoms with Crippen molar-refractivity contribution in [3.63, 3.8) is 0 Å². The summed E-state index contributed by atoms with van der Waals surface area (Å²) < 4.78 is 1.75. The predicted molar refractivity (Wildman–Crippen MR) is 104 cm³/mol. The fourth-order valence-corrected chi connectivity index (χ4v) is 3.80. The highest BCUT2D eigenvalue weighted by Gasteiger charge is 2.28. The Hall–Kier alpha value is -2.40. The van der Waals surface area contributed by atoms with Gasteiger partial charge in [0.15, 0.2) is 0 Å². The molecule has 0 radical (unpaired) electrons. The molecule has 0 saturated carbocycles. The normalized spacial score (nSPS) is 20.3. The Labute approximate surface area is 158 Å². The summed E-state index contributed by atoms with van der Waals surface area (Å²) in [7, 11) is 0. The zero-order valence-electron chi connectivity index (χ0n) is 15.0. The lowest BCUT2D eigenvalue weighted by atomic mass is 9.88. The van der Waals surface area contributed by atoms with Gasteiger partial charge in [-0.05, 0) is 55.5 Å². The van der Waals surface area contributed by atoms with Gasteiger partial charge in [0.25, 0.3) is 0 Å². The van der Waals surface area contributed by atoms with E-state index in [1.54, 1.807) is 11.0 Å². The van der Waals surface area contributed by atoms with Crippen molar-refractivity contribution in [1.29, 1.82) is 0 Å². The molecule has 0 spiro atoms. The Kier molecular flexibility index (Phi) is 4.64. The van der Waals surface area contributed by atoms with E-state index in [0.29, 0.717) is 12.0 Å². The lowest BCUT2D eigenvalue weighted by molar-refractivity contribution is 0.367. The molecule has 0 N–H and O–H groups in total. The van der Waals surface area contributed by atoms with Gasteiger partial charge in [0.1, 0.15) is 18.0 Å². The predicted octanol–water partition coefficient (Wildman–Crippen LogP) is 4.60. The van der Waals surface area contributed by atoms with Gasteiger partial charge >= 0.3 is 0 Å². The molecule has 0 amide bonds. The molecule has 2 aromatic heterocycles. The molecule has 3 heterocycles. The molecule has 2 atom stereocenters. The average Bonchev–Trinajstić information content (AvgIpc) is 3.08. The highest BCUT2D eigenvalue weighted by Crippen LogP contribution is 2.37. The second-order valence-electron chi connectivity index (χ2n) is 7.00. The molecule has 6 heteroatoms. The second kappa shape index (κ2) is 7.08. The molecule has 4 rings (SSSR count). The van der Waals surface area contributed by atoms with E-state index in [4.69, 9.17) is 16.6 Å². The number of nitrogens with zero attached hydrogens (tertiary/aromatic N) is 5. The van der Waals surface area contributed by atoms with Crippen molar-refractivity contribution in [1.82, 2.24) is 19.7 Å². The summed E-state index contributed by atoms with van der Waals surface area (Å²) in [5, 5.41) is 5.13. The van der Waals surface area contributed by atoms with Crippen LogP contribution in [-0.2, 0) is 0 Å². The number of halogens is 1. The van der Waals surface area contributed by atoms with E-state index in [0.717, 1.165) is 35.3 Å². The number of rotatable bonds is 3. The zero-order chi connectivity index (χ0) is 18.1. The van der Waals surface area contributed by atoms with E-state index in [2.05, 4.69) is 40.1 Å². The van der Waals surface area contributed by atoms with Crippen LogP contribution in [0.15, 0.2) is 48.9 Å². The van der Waals surface area contributed by atoms with Crippen molar-refractivity contribution >= 4 is 17.4 Å². The van der Waals surface area contributed by atoms with Crippen LogP contribution in [0.3, 0.4) is 0 Å². The van der Waals surface area contributed by atoms with E-state index in [1.165, 1.54) is 12.0 Å². The fourth-order valence-electron chi connectivity index (χ4n) is 3.60. The van der Waals surface area contributed by atoms with E-state index in [-0.39, 0.29) is 0 Å². The van der Waals surface area contributed by atoms with Crippen LogP contribution >= 0.6 is 11.6 Å². The summed E-state index contributed by atoms with van der Waals surface area (Å²) in [5.74, 6) is 2.43. The average molecular weight is 368 g/mol. The van der Waals surface area contributed by atoms with E-state index in [1.807, 2.05) is 31.3 Å². The highest BCUT2D eigenvalue weighted by molar-refractivity contribution is 6.30. The number of hydrogen-bond acceptors (Lipinski definition) is 4. The molecular formula is C20H22ClN5. The minimum Gasteiger partial charge on any atom is -0.350 e. The smallest absolute Gasteiger partial charge is 0.147 e. The van der Waals surface area contributed by atoms with Gasteiger partial charge < -0.3 is 4.90 Å². The van der Waals surface area contributed by atoms with Crippen molar-refractivity contribution in [3.05, 3.63) is 65.3 Å². The molecule has 3 aromatic rings. The molecule has 5 nitrogen and oxygen atoms in total. The Morgan fingerprint density at radius 1 is 1.15 bits per heavy atom. The quantitative estimate of drug-likeness (QED) is 0.678. The van der Waals surface area contributed by atoms with Crippen LogP contribution < -0.4 is 4.90 Å². The van der Waals surface area contributed by atoms with Crippen LogP contribution in [0, 0.1) is 12.8 Å². The molecule has 0 bridgehead atoms. The lowest BCUT2D eigenvalue weighted by Crippen LogP contribution is -2.36. The van der Waals surface area contributed by atoms with Gasteiger partial charge in [-0.15, -0.1) is 0 Å². The van der Waals surface area contributed by atoms with Crippen LogP contribution in [0.5, 0.6) is 0 Å². The molecule has 1 aromatic carbocycles. The van der Waals surface area contributed by atoms with Crippen LogP contribution in [0.2, 0.25) is 5.02 Å². The number of anilines is 1. The number of aryl methyl sites for hydroxylation is 1. The standard InChI is InChI=1S/C20H22ClN5/c1-14-8-9-25(19(10-14)16-4-3-5-17(21)11-16)20-7-6-18(12-22-20)26-13-23-15(2)24-26/h3-7,11-14,19H,8-10H2,1-2H3. The first-order valence-electron chi connectivity index (χ1n) is 8.97. The topological polar surface area (TPSA) is 46.8 Å². The third kappa shape index (κ3) is 3.44. The SMILES string of the molecule is Cc1ncn(-c2ccc(N3CCC(C)CC3c3cccc(Cl)c3)nc2)n1. The monoisotopic (exact) mass is 367 g/mol. The number of hydrogen-bond donors (Lipinski definition) is 0. The molecule has 1 aliphatic rings. The van der Waals surface area contributed by atoms with Crippen molar-refractivity contribution < 1.29 is 0 Å². The minimum atomic E-state index is 0.296. The molecule has 1 fully saturated rings. The lowest BCUT2D eigenvalue weighted by Gasteiger charge is -2.39. The van der Waals surface area contributed by atoms with Crippen LogP contribution in [-0.4, -0.2) is 26.3 Å². The summed E-state index contributed by atoms with van der Waals surface area (Å²) in [6.45, 7) is 5.19. The van der Waals surface area contributed by atoms with Gasteiger partial charge in [-0.25, -0.2) is 14.6 Å². The van der Waals surface area contributed by atoms with Gasteiger partial charge in [0.2, 0.25) is 0 Å². The minimum absolute atomic E-state index is 0.296. The van der Waals surface area contributed by atoms with Gasteiger partial charge in [-0.1, -0.05) is 30.7 Å². The Morgan fingerprint density at radius 2 is 2.04 bits per heavy atom. The van der Waals surface area contributed by atoms with Crippen molar-refractivity contribution in [2.24, 2.45) is 5.92 Å². The number of pyridine rings is 1. The first kappa shape index (κ1) is 17.0. The summed E-state index contributed by atoms with van der Waals surface area (Å²) >= 11 is 6.24. The fraction of sp³-hybridized carbons (Fsp3) is 0.350. The maximum atomic E-state index is 6.24. The van der Waals surface area contributed by atoms with Gasteiger partial charge in [0.05, 0.1) is 17.9 Å². The molecule has 1 saturated heterocycles. The Balaban J connectivity index is 1.63. The third-order valence-corrected chi connectivity index (χ3v) is 5.23. The highest BCUT2D eigenvalue weighted by atomic mass is 35.5. The third-order valence-electron chi connectivity index (χ3n) is 5.00. The van der Waals surface area contributed by atoms with Crippen LogP contribution in [0.25, 0.3) is 5.69 Å². The Bertz CT molecular complexity index is 889. The maximum absolute atomic E-state index is 6.24. The molecule has 2 unspecified atom stereocenters. The van der Waals surface area contributed by atoms with Gasteiger partial charge in [-0.3, -0.25) is 0 Å². The number of piperidine rings is 1. The van der Waals surface area contributed by atoms with Crippen molar-refractivity contribution in [2.75, 3.05) is 11.4 Å². The summed E-state index contributed by atoms with van der Waals surface area (Å²) in [6, 6.07) is 12.6. The second-order valence-corrected chi connectivity index (χ2v) is 7.44. The van der Waals surface area contributed by atoms with Crippen molar-refractivity contribution in [2.45, 2.75) is 32.7 Å². The van der Waals surface area contributed by atoms with Crippen LogP contribution in [0.1, 0.15) is 37.2 Å². The van der Waals surface area contributed by atoms with Gasteiger partial charge in [0, 0.05) is 11.6 Å². The first-order chi connectivity index (χ1) is 12.6. The zero-order valence-corrected chi connectivity index (χ0v) is 15.8. The van der Waals surface area contributed by atoms with E-state index in [9.17, 15) is 0 Å². The largest absolute Gasteiger partial charge is 0.350 e. The number of benzene rings is 1. The van der Waals surface area contributed by atoms with E-state index < -0.39 is 0 Å².